The van der Waals surface area contributed by atoms with E-state index in [0.29, 0.717) is 23.7 Å². The summed E-state index contributed by atoms with van der Waals surface area (Å²) in [5, 5.41) is 4.87. The van der Waals surface area contributed by atoms with Gasteiger partial charge in [-0.3, -0.25) is 4.79 Å². The van der Waals surface area contributed by atoms with Crippen molar-refractivity contribution in [2.45, 2.75) is 13.0 Å². The van der Waals surface area contributed by atoms with E-state index in [1.807, 2.05) is 40.3 Å². The number of nitrogens with zero attached hydrogens (tertiary/aromatic N) is 1. The summed E-state index contributed by atoms with van der Waals surface area (Å²) in [7, 11) is 4.25. The maximum Gasteiger partial charge on any atom is 0.340 e. The minimum Gasteiger partial charge on any atom is -0.493 e. The molecule has 0 unspecified atom stereocenters. The van der Waals surface area contributed by atoms with E-state index >= 15 is 0 Å². The number of methoxy groups -OCH3 is 3. The van der Waals surface area contributed by atoms with E-state index in [4.69, 9.17) is 14.2 Å². The lowest BCUT2D eigenvalue weighted by Crippen LogP contribution is -2.20. The highest BCUT2D eigenvalue weighted by atomic mass is 32.1. The Kier molecular flexibility index (Phi) is 6.65. The van der Waals surface area contributed by atoms with Crippen molar-refractivity contribution in [1.29, 1.82) is 0 Å². The van der Waals surface area contributed by atoms with Gasteiger partial charge in [-0.15, -0.1) is 11.3 Å². The molecule has 33 heavy (non-hydrogen) atoms. The van der Waals surface area contributed by atoms with Crippen molar-refractivity contribution in [3.05, 3.63) is 76.8 Å². The van der Waals surface area contributed by atoms with Gasteiger partial charge < -0.3 is 24.1 Å². The number of amides is 1. The Morgan fingerprint density at radius 3 is 2.39 bits per heavy atom. The molecule has 0 radical (unpaired) electrons. The van der Waals surface area contributed by atoms with Crippen LogP contribution in [0.25, 0.3) is 10.2 Å². The van der Waals surface area contributed by atoms with E-state index < -0.39 is 5.97 Å². The number of hydrogen-bond donors (Lipinski definition) is 1. The Labute approximate surface area is 195 Å². The molecule has 2 aromatic carbocycles. The van der Waals surface area contributed by atoms with Crippen molar-refractivity contribution < 1.29 is 23.8 Å². The molecule has 4 rings (SSSR count). The first-order valence-electron chi connectivity index (χ1n) is 10.3. The summed E-state index contributed by atoms with van der Waals surface area (Å²) in [5.74, 6) is -0.168. The molecular weight excluding hydrogens is 440 g/mol. The van der Waals surface area contributed by atoms with Gasteiger partial charge >= 0.3 is 5.97 Å². The van der Waals surface area contributed by atoms with Crippen LogP contribution < -0.4 is 14.8 Å². The average molecular weight is 465 g/mol. The molecule has 1 amide bonds. The summed E-state index contributed by atoms with van der Waals surface area (Å²) < 4.78 is 18.6. The van der Waals surface area contributed by atoms with Gasteiger partial charge in [0.05, 0.1) is 42.8 Å². The SMILES string of the molecule is COC(=O)c1cc(OC)c(OC)cc1NC(=O)c1cc2sccc2n1CCc1ccccc1. The zero-order valence-electron chi connectivity index (χ0n) is 18.6. The number of rotatable bonds is 8. The lowest BCUT2D eigenvalue weighted by Gasteiger charge is -2.15. The standard InChI is InChI=1S/C25H24N2O5S/c1-30-21-13-17(25(29)32-3)18(14-22(21)31-2)26-24(28)20-15-23-19(10-12-33-23)27(20)11-9-16-7-5-4-6-8-16/h4-8,10,12-15H,9,11H2,1-3H3,(H,26,28). The maximum atomic E-state index is 13.4. The third-order valence-corrected chi connectivity index (χ3v) is 6.25. The van der Waals surface area contributed by atoms with Gasteiger partial charge in [0.2, 0.25) is 0 Å². The number of fused-ring (bicyclic) bond motifs is 1. The zero-order valence-corrected chi connectivity index (χ0v) is 19.4. The molecule has 0 aliphatic carbocycles. The van der Waals surface area contributed by atoms with Crippen LogP contribution in [0.1, 0.15) is 26.4 Å². The summed E-state index contributed by atoms with van der Waals surface area (Å²) in [6.45, 7) is 0.642. The zero-order chi connectivity index (χ0) is 23.4. The fraction of sp³-hybridized carbons (Fsp3) is 0.200. The van der Waals surface area contributed by atoms with Crippen molar-refractivity contribution in [2.24, 2.45) is 0 Å². The monoisotopic (exact) mass is 464 g/mol. The second kappa shape index (κ2) is 9.79. The van der Waals surface area contributed by atoms with Gasteiger partial charge in [0.15, 0.2) is 11.5 Å². The third kappa shape index (κ3) is 4.56. The van der Waals surface area contributed by atoms with Gasteiger partial charge in [-0.25, -0.2) is 4.79 Å². The number of carbonyl (C=O) groups excluding carboxylic acids is 2. The quantitative estimate of drug-likeness (QED) is 0.371. The van der Waals surface area contributed by atoms with E-state index in [9.17, 15) is 9.59 Å². The van der Waals surface area contributed by atoms with E-state index in [-0.39, 0.29) is 17.2 Å². The predicted molar refractivity (Wildman–Crippen MR) is 129 cm³/mol. The summed E-state index contributed by atoms with van der Waals surface area (Å²) in [4.78, 5) is 25.8. The largest absolute Gasteiger partial charge is 0.493 e. The highest BCUT2D eigenvalue weighted by molar-refractivity contribution is 7.17. The number of anilines is 1. The number of hydrogen-bond acceptors (Lipinski definition) is 6. The summed E-state index contributed by atoms with van der Waals surface area (Å²) in [6, 6.07) is 17.1. The molecule has 0 atom stereocenters. The topological polar surface area (TPSA) is 78.8 Å². The van der Waals surface area contributed by atoms with Crippen molar-refractivity contribution in [3.8, 4) is 11.5 Å². The smallest absolute Gasteiger partial charge is 0.340 e. The summed E-state index contributed by atoms with van der Waals surface area (Å²) in [5.41, 5.74) is 3.16. The number of benzene rings is 2. The second-order valence-electron chi connectivity index (χ2n) is 7.29. The van der Waals surface area contributed by atoms with Gasteiger partial charge in [-0.1, -0.05) is 30.3 Å². The summed E-state index contributed by atoms with van der Waals surface area (Å²) >= 11 is 1.58. The molecule has 2 heterocycles. The maximum absolute atomic E-state index is 13.4. The van der Waals surface area contributed by atoms with Gasteiger partial charge in [-0.05, 0) is 29.5 Å². The van der Waals surface area contributed by atoms with Crippen molar-refractivity contribution in [1.82, 2.24) is 4.57 Å². The Bertz CT molecular complexity index is 1290. The molecule has 7 nitrogen and oxygen atoms in total. The van der Waals surface area contributed by atoms with E-state index in [1.165, 1.54) is 33.0 Å². The average Bonchev–Trinajstić information content (AvgIpc) is 3.44. The Balaban J connectivity index is 1.68. The van der Waals surface area contributed by atoms with Crippen LogP contribution >= 0.6 is 11.3 Å². The minimum absolute atomic E-state index is 0.174. The number of nitrogens with one attached hydrogen (secondary N) is 1. The molecule has 4 aromatic rings. The lowest BCUT2D eigenvalue weighted by atomic mass is 10.1. The normalized spacial score (nSPS) is 10.8. The number of ether oxygens (including phenoxy) is 3. The molecule has 0 bridgehead atoms. The van der Waals surface area contributed by atoms with Crippen LogP contribution in [0.5, 0.6) is 11.5 Å². The van der Waals surface area contributed by atoms with Crippen molar-refractivity contribution in [2.75, 3.05) is 26.6 Å². The van der Waals surface area contributed by atoms with Gasteiger partial charge in [0.1, 0.15) is 5.69 Å². The van der Waals surface area contributed by atoms with Gasteiger partial charge in [0.25, 0.3) is 5.91 Å². The number of aryl methyl sites for hydroxylation is 2. The Hall–Kier alpha value is -3.78. The van der Waals surface area contributed by atoms with Gasteiger partial charge in [0, 0.05) is 18.7 Å². The molecule has 0 saturated heterocycles. The van der Waals surface area contributed by atoms with E-state index in [2.05, 4.69) is 17.4 Å². The summed E-state index contributed by atoms with van der Waals surface area (Å²) in [6.07, 6.45) is 0.782. The molecule has 170 valence electrons. The molecule has 2 aromatic heterocycles. The van der Waals surface area contributed by atoms with E-state index in [1.54, 1.807) is 17.4 Å². The Morgan fingerprint density at radius 2 is 1.70 bits per heavy atom. The lowest BCUT2D eigenvalue weighted by molar-refractivity contribution is 0.0601. The minimum atomic E-state index is -0.591. The van der Waals surface area contributed by atoms with Crippen LogP contribution in [0.2, 0.25) is 0 Å². The van der Waals surface area contributed by atoms with Crippen LogP contribution in [-0.4, -0.2) is 37.8 Å². The van der Waals surface area contributed by atoms with Crippen LogP contribution in [0.4, 0.5) is 5.69 Å². The number of carbonyl (C=O) groups is 2. The van der Waals surface area contributed by atoms with Crippen molar-refractivity contribution >= 4 is 39.1 Å². The van der Waals surface area contributed by atoms with Crippen LogP contribution in [0.3, 0.4) is 0 Å². The van der Waals surface area contributed by atoms with Crippen molar-refractivity contribution in [3.63, 3.8) is 0 Å². The molecule has 8 heteroatoms. The first kappa shape index (κ1) is 22.4. The molecule has 0 saturated carbocycles. The molecular formula is C25H24N2O5S. The predicted octanol–water partition coefficient (Wildman–Crippen LogP) is 5.00. The third-order valence-electron chi connectivity index (χ3n) is 5.40. The Morgan fingerprint density at radius 1 is 0.970 bits per heavy atom. The first-order chi connectivity index (χ1) is 16.0. The molecule has 0 spiro atoms. The molecule has 1 N–H and O–H groups in total. The van der Waals surface area contributed by atoms with Crippen LogP contribution in [-0.2, 0) is 17.7 Å². The molecule has 0 fully saturated rings. The fourth-order valence-electron chi connectivity index (χ4n) is 3.74. The number of esters is 1. The van der Waals surface area contributed by atoms with Crippen LogP contribution in [0.15, 0.2) is 60.0 Å². The highest BCUT2D eigenvalue weighted by Crippen LogP contribution is 2.34. The first-order valence-corrected chi connectivity index (χ1v) is 11.2. The van der Waals surface area contributed by atoms with Crippen LogP contribution in [0, 0.1) is 0 Å². The number of thiophene rings is 1. The van der Waals surface area contributed by atoms with Gasteiger partial charge in [-0.2, -0.15) is 0 Å². The van der Waals surface area contributed by atoms with E-state index in [0.717, 1.165) is 16.6 Å². The second-order valence-corrected chi connectivity index (χ2v) is 8.23. The fourth-order valence-corrected chi connectivity index (χ4v) is 4.56. The molecule has 0 aliphatic rings. The highest BCUT2D eigenvalue weighted by Gasteiger charge is 2.22. The molecule has 0 aliphatic heterocycles. The number of aromatic nitrogens is 1.